The van der Waals surface area contributed by atoms with Gasteiger partial charge in [0, 0.05) is 13.5 Å². The lowest BCUT2D eigenvalue weighted by Crippen LogP contribution is -2.38. The van der Waals surface area contributed by atoms with Crippen LogP contribution in [0, 0.1) is 12.8 Å². The van der Waals surface area contributed by atoms with Gasteiger partial charge in [-0.25, -0.2) is 0 Å². The van der Waals surface area contributed by atoms with Crippen LogP contribution in [0.4, 0.5) is 0 Å². The van der Waals surface area contributed by atoms with Gasteiger partial charge in [-0.3, -0.25) is 0 Å². The molecule has 0 amide bonds. The molecular weight excluding hydrogens is 208 g/mol. The van der Waals surface area contributed by atoms with E-state index in [1.165, 1.54) is 36.8 Å². The van der Waals surface area contributed by atoms with Crippen molar-refractivity contribution >= 4 is 0 Å². The van der Waals surface area contributed by atoms with Crippen LogP contribution in [0.2, 0.25) is 0 Å². The van der Waals surface area contributed by atoms with Gasteiger partial charge in [-0.1, -0.05) is 36.8 Å². The fraction of sp³-hybridized carbons (Fsp3) is 0.625. The van der Waals surface area contributed by atoms with E-state index in [1.54, 1.807) is 0 Å². The van der Waals surface area contributed by atoms with Crippen molar-refractivity contribution in [3.05, 3.63) is 35.4 Å². The number of methoxy groups -OCH3 is 1. The fourth-order valence-electron chi connectivity index (χ4n) is 2.82. The summed E-state index contributed by atoms with van der Waals surface area (Å²) in [5.41, 5.74) is 2.84. The van der Waals surface area contributed by atoms with Crippen LogP contribution in [0.25, 0.3) is 0 Å². The molecule has 0 spiro atoms. The maximum atomic E-state index is 5.86. The van der Waals surface area contributed by atoms with Crippen LogP contribution in [0.3, 0.4) is 0 Å². The standard InChI is InChI=1S/C16H24O/c1-13-4-6-15(7-5-13)12-16(17-3)10-8-14(2)9-11-16/h4-7,14H,8-12H2,1-3H3. The first-order valence-electron chi connectivity index (χ1n) is 6.74. The third kappa shape index (κ3) is 3.10. The van der Waals surface area contributed by atoms with Crippen LogP contribution < -0.4 is 0 Å². The summed E-state index contributed by atoms with van der Waals surface area (Å²) in [6, 6.07) is 8.89. The highest BCUT2D eigenvalue weighted by Gasteiger charge is 2.34. The van der Waals surface area contributed by atoms with Crippen molar-refractivity contribution in [2.24, 2.45) is 5.92 Å². The zero-order valence-electron chi connectivity index (χ0n) is 11.3. The van der Waals surface area contributed by atoms with Gasteiger partial charge in [-0.05, 0) is 44.1 Å². The van der Waals surface area contributed by atoms with E-state index in [4.69, 9.17) is 4.74 Å². The van der Waals surface area contributed by atoms with Gasteiger partial charge in [0.1, 0.15) is 0 Å². The minimum Gasteiger partial charge on any atom is -0.378 e. The van der Waals surface area contributed by atoms with Crippen LogP contribution in [-0.2, 0) is 11.2 Å². The molecule has 0 aromatic heterocycles. The van der Waals surface area contributed by atoms with E-state index >= 15 is 0 Å². The summed E-state index contributed by atoms with van der Waals surface area (Å²) in [6.45, 7) is 4.49. The molecule has 1 aromatic rings. The summed E-state index contributed by atoms with van der Waals surface area (Å²) >= 11 is 0. The number of rotatable bonds is 3. The lowest BCUT2D eigenvalue weighted by Gasteiger charge is -2.38. The Bertz CT molecular complexity index is 344. The maximum absolute atomic E-state index is 5.86. The molecule has 1 fully saturated rings. The summed E-state index contributed by atoms with van der Waals surface area (Å²) in [7, 11) is 1.88. The van der Waals surface area contributed by atoms with Gasteiger partial charge in [0.25, 0.3) is 0 Å². The Morgan fingerprint density at radius 3 is 2.29 bits per heavy atom. The SMILES string of the molecule is COC1(Cc2ccc(C)cc2)CCC(C)CC1. The highest BCUT2D eigenvalue weighted by atomic mass is 16.5. The second kappa shape index (κ2) is 5.22. The summed E-state index contributed by atoms with van der Waals surface area (Å²) < 4.78 is 5.86. The minimum atomic E-state index is 0.0990. The first kappa shape index (κ1) is 12.6. The normalized spacial score (nSPS) is 29.2. The predicted octanol–water partition coefficient (Wildman–Crippen LogP) is 4.13. The van der Waals surface area contributed by atoms with Gasteiger partial charge < -0.3 is 4.74 Å². The molecule has 0 N–H and O–H groups in total. The van der Waals surface area contributed by atoms with Gasteiger partial charge >= 0.3 is 0 Å². The van der Waals surface area contributed by atoms with E-state index < -0.39 is 0 Å². The monoisotopic (exact) mass is 232 g/mol. The number of hydrogen-bond acceptors (Lipinski definition) is 1. The van der Waals surface area contributed by atoms with Crippen molar-refractivity contribution in [1.82, 2.24) is 0 Å². The molecule has 1 heteroatoms. The Labute approximate surface area is 105 Å². The van der Waals surface area contributed by atoms with Gasteiger partial charge in [0.2, 0.25) is 0 Å². The van der Waals surface area contributed by atoms with Crippen LogP contribution >= 0.6 is 0 Å². The molecule has 0 atom stereocenters. The van der Waals surface area contributed by atoms with Gasteiger partial charge in [-0.15, -0.1) is 0 Å². The van der Waals surface area contributed by atoms with Crippen molar-refractivity contribution in [1.29, 1.82) is 0 Å². The molecule has 1 aliphatic carbocycles. The average molecular weight is 232 g/mol. The van der Waals surface area contributed by atoms with Crippen LogP contribution in [0.15, 0.2) is 24.3 Å². The maximum Gasteiger partial charge on any atom is 0.0719 e. The molecule has 1 aliphatic rings. The number of ether oxygens (including phenoxy) is 1. The van der Waals surface area contributed by atoms with Crippen molar-refractivity contribution in [2.45, 2.75) is 51.6 Å². The Morgan fingerprint density at radius 2 is 1.76 bits per heavy atom. The largest absolute Gasteiger partial charge is 0.378 e. The fourth-order valence-corrected chi connectivity index (χ4v) is 2.82. The number of aryl methyl sites for hydroxylation is 1. The van der Waals surface area contributed by atoms with Crippen molar-refractivity contribution < 1.29 is 4.74 Å². The molecule has 0 bridgehead atoms. The Balaban J connectivity index is 2.06. The van der Waals surface area contributed by atoms with Crippen molar-refractivity contribution in [2.75, 3.05) is 7.11 Å². The summed E-state index contributed by atoms with van der Waals surface area (Å²) in [6.07, 6.45) is 6.09. The second-order valence-corrected chi connectivity index (χ2v) is 5.73. The third-order valence-electron chi connectivity index (χ3n) is 4.27. The lowest BCUT2D eigenvalue weighted by atomic mass is 9.76. The van der Waals surface area contributed by atoms with Crippen LogP contribution in [-0.4, -0.2) is 12.7 Å². The molecule has 0 unspecified atom stereocenters. The minimum absolute atomic E-state index is 0.0990. The molecule has 1 aromatic carbocycles. The van der Waals surface area contributed by atoms with E-state index in [0.717, 1.165) is 12.3 Å². The first-order valence-corrected chi connectivity index (χ1v) is 6.74. The van der Waals surface area contributed by atoms with Gasteiger partial charge in [0.05, 0.1) is 5.60 Å². The van der Waals surface area contributed by atoms with Crippen LogP contribution in [0.1, 0.15) is 43.7 Å². The Kier molecular flexibility index (Phi) is 3.88. The van der Waals surface area contributed by atoms with E-state index in [0.29, 0.717) is 0 Å². The molecular formula is C16H24O. The zero-order valence-corrected chi connectivity index (χ0v) is 11.3. The summed E-state index contributed by atoms with van der Waals surface area (Å²) in [4.78, 5) is 0. The smallest absolute Gasteiger partial charge is 0.0719 e. The molecule has 1 saturated carbocycles. The topological polar surface area (TPSA) is 9.23 Å². The predicted molar refractivity (Wildman–Crippen MR) is 72.3 cm³/mol. The highest BCUT2D eigenvalue weighted by Crippen LogP contribution is 2.36. The molecule has 94 valence electrons. The Morgan fingerprint density at radius 1 is 1.18 bits per heavy atom. The number of benzene rings is 1. The third-order valence-corrected chi connectivity index (χ3v) is 4.27. The van der Waals surface area contributed by atoms with E-state index in [2.05, 4.69) is 38.1 Å². The van der Waals surface area contributed by atoms with E-state index in [9.17, 15) is 0 Å². The molecule has 2 rings (SSSR count). The van der Waals surface area contributed by atoms with Gasteiger partial charge in [0.15, 0.2) is 0 Å². The quantitative estimate of drug-likeness (QED) is 0.761. The molecule has 17 heavy (non-hydrogen) atoms. The summed E-state index contributed by atoms with van der Waals surface area (Å²) in [5, 5.41) is 0. The van der Waals surface area contributed by atoms with Crippen LogP contribution in [0.5, 0.6) is 0 Å². The van der Waals surface area contributed by atoms with E-state index in [1.807, 2.05) is 7.11 Å². The van der Waals surface area contributed by atoms with Crippen molar-refractivity contribution in [3.8, 4) is 0 Å². The molecule has 0 saturated heterocycles. The lowest BCUT2D eigenvalue weighted by molar-refractivity contribution is -0.0469. The average Bonchev–Trinajstić information content (AvgIpc) is 2.35. The molecule has 0 aliphatic heterocycles. The number of hydrogen-bond donors (Lipinski definition) is 0. The molecule has 0 radical (unpaired) electrons. The highest BCUT2D eigenvalue weighted by molar-refractivity contribution is 5.23. The molecule has 0 heterocycles. The van der Waals surface area contributed by atoms with Gasteiger partial charge in [-0.2, -0.15) is 0 Å². The second-order valence-electron chi connectivity index (χ2n) is 5.73. The zero-order chi connectivity index (χ0) is 12.3. The summed E-state index contributed by atoms with van der Waals surface area (Å²) in [5.74, 6) is 0.872. The van der Waals surface area contributed by atoms with Crippen molar-refractivity contribution in [3.63, 3.8) is 0 Å². The molecule has 1 nitrogen and oxygen atoms in total. The van der Waals surface area contributed by atoms with E-state index in [-0.39, 0.29) is 5.60 Å². The first-order chi connectivity index (χ1) is 8.13. The Hall–Kier alpha value is -0.820.